The topological polar surface area (TPSA) is 55.9 Å². The molecule has 1 atom stereocenters. The molecule has 1 rings (SSSR count). The predicted octanol–water partition coefficient (Wildman–Crippen LogP) is 2.34. The van der Waals surface area contributed by atoms with Gasteiger partial charge in [-0.25, -0.2) is 0 Å². The van der Waals surface area contributed by atoms with Gasteiger partial charge in [-0.05, 0) is 13.3 Å². The first-order valence-electron chi connectivity index (χ1n) is 6.24. The minimum atomic E-state index is 0.272. The standard InChI is InChI=1S/C12H23ClN4/c1-4-5-6-7-10(15-14)8-11-12(13)9(2)16-17(11)3/h10,15H,4-8,14H2,1-3H3. The van der Waals surface area contributed by atoms with Gasteiger partial charge in [-0.15, -0.1) is 0 Å². The fraction of sp³-hybridized carbons (Fsp3) is 0.750. The Kier molecular flexibility index (Phi) is 5.95. The molecule has 0 spiro atoms. The molecule has 98 valence electrons. The number of hydrazine groups is 1. The third-order valence-corrected chi connectivity index (χ3v) is 3.58. The Labute approximate surface area is 108 Å². The van der Waals surface area contributed by atoms with Crippen LogP contribution in [0.3, 0.4) is 0 Å². The van der Waals surface area contributed by atoms with Crippen LogP contribution in [-0.2, 0) is 13.5 Å². The first-order valence-corrected chi connectivity index (χ1v) is 6.62. The maximum Gasteiger partial charge on any atom is 0.0847 e. The second-order valence-corrected chi connectivity index (χ2v) is 4.91. The highest BCUT2D eigenvalue weighted by molar-refractivity contribution is 6.31. The maximum absolute atomic E-state index is 6.22. The summed E-state index contributed by atoms with van der Waals surface area (Å²) >= 11 is 6.22. The Balaban J connectivity index is 2.60. The maximum atomic E-state index is 6.22. The molecule has 0 aliphatic heterocycles. The zero-order valence-electron chi connectivity index (χ0n) is 11.0. The minimum absolute atomic E-state index is 0.272. The SMILES string of the molecule is CCCCCC(Cc1c(Cl)c(C)nn1C)NN. The Morgan fingerprint density at radius 2 is 2.18 bits per heavy atom. The molecule has 4 nitrogen and oxygen atoms in total. The summed E-state index contributed by atoms with van der Waals surface area (Å²) in [5, 5.41) is 5.08. The van der Waals surface area contributed by atoms with Crippen LogP contribution in [0.5, 0.6) is 0 Å². The first kappa shape index (κ1) is 14.5. The van der Waals surface area contributed by atoms with Gasteiger partial charge in [-0.1, -0.05) is 37.8 Å². The van der Waals surface area contributed by atoms with E-state index < -0.39 is 0 Å². The Bertz CT molecular complexity index is 349. The van der Waals surface area contributed by atoms with Crippen LogP contribution in [-0.4, -0.2) is 15.8 Å². The highest BCUT2D eigenvalue weighted by atomic mass is 35.5. The zero-order chi connectivity index (χ0) is 12.8. The number of halogens is 1. The molecule has 1 unspecified atom stereocenters. The number of nitrogens with one attached hydrogen (secondary N) is 1. The summed E-state index contributed by atoms with van der Waals surface area (Å²) in [6.45, 7) is 4.13. The van der Waals surface area contributed by atoms with E-state index in [0.29, 0.717) is 0 Å². The van der Waals surface area contributed by atoms with Crippen molar-refractivity contribution in [1.82, 2.24) is 15.2 Å². The van der Waals surface area contributed by atoms with Crippen molar-refractivity contribution >= 4 is 11.6 Å². The molecule has 0 saturated carbocycles. The van der Waals surface area contributed by atoms with Crippen molar-refractivity contribution in [3.63, 3.8) is 0 Å². The van der Waals surface area contributed by atoms with Gasteiger partial charge in [0.05, 0.1) is 16.4 Å². The van der Waals surface area contributed by atoms with Gasteiger partial charge in [0.15, 0.2) is 0 Å². The third-order valence-electron chi connectivity index (χ3n) is 3.09. The third kappa shape index (κ3) is 3.98. The number of aromatic nitrogens is 2. The molecular weight excluding hydrogens is 236 g/mol. The van der Waals surface area contributed by atoms with Crippen LogP contribution in [0, 0.1) is 6.92 Å². The lowest BCUT2D eigenvalue weighted by Crippen LogP contribution is -2.37. The van der Waals surface area contributed by atoms with E-state index >= 15 is 0 Å². The van der Waals surface area contributed by atoms with Gasteiger partial charge in [0.2, 0.25) is 0 Å². The van der Waals surface area contributed by atoms with E-state index in [1.54, 1.807) is 0 Å². The van der Waals surface area contributed by atoms with Crippen molar-refractivity contribution in [3.8, 4) is 0 Å². The lowest BCUT2D eigenvalue weighted by Gasteiger charge is -2.16. The fourth-order valence-corrected chi connectivity index (χ4v) is 2.26. The molecule has 0 fully saturated rings. The van der Waals surface area contributed by atoms with E-state index in [4.69, 9.17) is 17.4 Å². The van der Waals surface area contributed by atoms with Crippen molar-refractivity contribution in [1.29, 1.82) is 0 Å². The lowest BCUT2D eigenvalue weighted by molar-refractivity contribution is 0.456. The van der Waals surface area contributed by atoms with Crippen LogP contribution >= 0.6 is 11.6 Å². The van der Waals surface area contributed by atoms with E-state index in [-0.39, 0.29) is 6.04 Å². The largest absolute Gasteiger partial charge is 0.271 e. The molecule has 5 heteroatoms. The quantitative estimate of drug-likeness (QED) is 0.448. The van der Waals surface area contributed by atoms with E-state index in [2.05, 4.69) is 17.4 Å². The van der Waals surface area contributed by atoms with Crippen LogP contribution < -0.4 is 11.3 Å². The fourth-order valence-electron chi connectivity index (χ4n) is 2.02. The second kappa shape index (κ2) is 6.99. The van der Waals surface area contributed by atoms with Gasteiger partial charge >= 0.3 is 0 Å². The molecule has 0 bridgehead atoms. The Morgan fingerprint density at radius 1 is 1.47 bits per heavy atom. The zero-order valence-corrected chi connectivity index (χ0v) is 11.7. The summed E-state index contributed by atoms with van der Waals surface area (Å²) < 4.78 is 1.85. The molecule has 1 heterocycles. The highest BCUT2D eigenvalue weighted by Gasteiger charge is 2.15. The van der Waals surface area contributed by atoms with Crippen molar-refractivity contribution in [3.05, 3.63) is 16.4 Å². The molecule has 0 saturated heterocycles. The van der Waals surface area contributed by atoms with E-state index in [9.17, 15) is 0 Å². The van der Waals surface area contributed by atoms with Crippen molar-refractivity contribution < 1.29 is 0 Å². The molecule has 0 aromatic carbocycles. The average Bonchev–Trinajstić information content (AvgIpc) is 2.54. The number of hydrogen-bond acceptors (Lipinski definition) is 3. The van der Waals surface area contributed by atoms with Crippen molar-refractivity contribution in [2.24, 2.45) is 12.9 Å². The van der Waals surface area contributed by atoms with Crippen LogP contribution in [0.4, 0.5) is 0 Å². The molecule has 0 aliphatic carbocycles. The number of hydrogen-bond donors (Lipinski definition) is 2. The number of nitrogens with two attached hydrogens (primary N) is 1. The number of unbranched alkanes of at least 4 members (excludes halogenated alkanes) is 2. The molecule has 0 aliphatic rings. The van der Waals surface area contributed by atoms with Crippen molar-refractivity contribution in [2.75, 3.05) is 0 Å². The summed E-state index contributed by atoms with van der Waals surface area (Å²) in [5.74, 6) is 5.59. The van der Waals surface area contributed by atoms with Crippen LogP contribution in [0.25, 0.3) is 0 Å². The smallest absolute Gasteiger partial charge is 0.0847 e. The predicted molar refractivity (Wildman–Crippen MR) is 71.9 cm³/mol. The molecule has 0 radical (unpaired) electrons. The van der Waals surface area contributed by atoms with Crippen molar-refractivity contribution in [2.45, 2.75) is 52.0 Å². The molecule has 3 N–H and O–H groups in total. The average molecular weight is 259 g/mol. The molecule has 1 aromatic rings. The molecule has 17 heavy (non-hydrogen) atoms. The summed E-state index contributed by atoms with van der Waals surface area (Å²) in [7, 11) is 1.92. The first-order chi connectivity index (χ1) is 8.10. The Hall–Kier alpha value is -0.580. The van der Waals surface area contributed by atoms with Gasteiger partial charge in [-0.2, -0.15) is 5.10 Å². The van der Waals surface area contributed by atoms with Gasteiger partial charge in [-0.3, -0.25) is 16.0 Å². The van der Waals surface area contributed by atoms with Gasteiger partial charge in [0.1, 0.15) is 0 Å². The summed E-state index contributed by atoms with van der Waals surface area (Å²) in [5.41, 5.74) is 4.82. The van der Waals surface area contributed by atoms with E-state index in [1.165, 1.54) is 19.3 Å². The second-order valence-electron chi connectivity index (χ2n) is 4.53. The normalized spacial score (nSPS) is 13.0. The van der Waals surface area contributed by atoms with E-state index in [0.717, 1.165) is 29.3 Å². The lowest BCUT2D eigenvalue weighted by atomic mass is 10.0. The minimum Gasteiger partial charge on any atom is -0.271 e. The summed E-state index contributed by atoms with van der Waals surface area (Å²) in [6, 6.07) is 0.272. The van der Waals surface area contributed by atoms with Crippen LogP contribution in [0.1, 0.15) is 44.0 Å². The summed E-state index contributed by atoms with van der Waals surface area (Å²) in [6.07, 6.45) is 5.57. The Morgan fingerprint density at radius 3 is 2.65 bits per heavy atom. The van der Waals surface area contributed by atoms with Gasteiger partial charge in [0.25, 0.3) is 0 Å². The number of rotatable bonds is 7. The van der Waals surface area contributed by atoms with Gasteiger partial charge < -0.3 is 0 Å². The number of nitrogens with zero attached hydrogens (tertiary/aromatic N) is 2. The van der Waals surface area contributed by atoms with Crippen LogP contribution in [0.2, 0.25) is 5.02 Å². The summed E-state index contributed by atoms with van der Waals surface area (Å²) in [4.78, 5) is 0. The molecule has 0 amide bonds. The van der Waals surface area contributed by atoms with Gasteiger partial charge in [0, 0.05) is 19.5 Å². The highest BCUT2D eigenvalue weighted by Crippen LogP contribution is 2.21. The molecular formula is C12H23ClN4. The number of aryl methyl sites for hydroxylation is 2. The van der Waals surface area contributed by atoms with Crippen LogP contribution in [0.15, 0.2) is 0 Å². The monoisotopic (exact) mass is 258 g/mol. The molecule has 1 aromatic heterocycles. The van der Waals surface area contributed by atoms with E-state index in [1.807, 2.05) is 18.7 Å².